The summed E-state index contributed by atoms with van der Waals surface area (Å²) < 4.78 is 44.2. The Labute approximate surface area is 413 Å². The van der Waals surface area contributed by atoms with E-state index in [0.717, 1.165) is 70.8 Å². The summed E-state index contributed by atoms with van der Waals surface area (Å²) in [5, 5.41) is 64.9. The minimum atomic E-state index is -1.74. The molecule has 0 amide bonds. The average Bonchev–Trinajstić information content (AvgIpc) is 3.79. The minimum Gasteiger partial charge on any atom is -0.463 e. The van der Waals surface area contributed by atoms with E-state index in [-0.39, 0.29) is 36.1 Å². The molecule has 22 unspecified atom stereocenters. The van der Waals surface area contributed by atoms with Crippen LogP contribution in [0.15, 0.2) is 0 Å². The van der Waals surface area contributed by atoms with Crippen molar-refractivity contribution in [2.45, 2.75) is 268 Å². The number of ether oxygens (including phenoxy) is 7. The Bertz CT molecular complexity index is 1610. The van der Waals surface area contributed by atoms with Crippen LogP contribution in [0.3, 0.4) is 0 Å². The fourth-order valence-corrected chi connectivity index (χ4v) is 15.7. The molecular formula is C55H94O14. The van der Waals surface area contributed by atoms with Crippen molar-refractivity contribution >= 4 is 5.97 Å². The van der Waals surface area contributed by atoms with Gasteiger partial charge in [0.1, 0.15) is 55.4 Å². The molecule has 1 spiro atoms. The van der Waals surface area contributed by atoms with Gasteiger partial charge in [-0.25, -0.2) is 0 Å². The summed E-state index contributed by atoms with van der Waals surface area (Å²) in [7, 11) is 0. The molecule has 4 aliphatic heterocycles. The summed E-state index contributed by atoms with van der Waals surface area (Å²) in [4.78, 5) is 12.9. The van der Waals surface area contributed by atoms with Gasteiger partial charge in [0, 0.05) is 18.8 Å². The third kappa shape index (κ3) is 11.5. The molecule has 8 fully saturated rings. The Morgan fingerprint density at radius 2 is 1.30 bits per heavy atom. The first-order valence-corrected chi connectivity index (χ1v) is 28.2. The lowest BCUT2D eigenvalue weighted by atomic mass is 9.44. The minimum absolute atomic E-state index is 0.136. The molecule has 14 nitrogen and oxygen atoms in total. The zero-order valence-corrected chi connectivity index (χ0v) is 43.0. The summed E-state index contributed by atoms with van der Waals surface area (Å²) in [5.41, 5.74) is 0.374. The molecule has 22 atom stereocenters. The van der Waals surface area contributed by atoms with Crippen molar-refractivity contribution < 1.29 is 68.6 Å². The molecule has 0 radical (unpaired) electrons. The number of esters is 1. The second-order valence-corrected chi connectivity index (χ2v) is 24.2. The van der Waals surface area contributed by atoms with E-state index in [9.17, 15) is 35.4 Å². The predicted octanol–water partition coefficient (Wildman–Crippen LogP) is 7.47. The number of hydrogen-bond donors (Lipinski definition) is 6. The summed E-state index contributed by atoms with van der Waals surface area (Å²) in [6, 6.07) is 0. The zero-order chi connectivity index (χ0) is 49.1. The maximum atomic E-state index is 12.9. The molecule has 0 bridgehead atoms. The number of carbonyl (C=O) groups is 1. The van der Waals surface area contributed by atoms with Gasteiger partial charge in [-0.05, 0) is 111 Å². The molecule has 8 aliphatic rings. The van der Waals surface area contributed by atoms with Gasteiger partial charge in [0.2, 0.25) is 0 Å². The van der Waals surface area contributed by atoms with E-state index in [1.165, 1.54) is 77.0 Å². The molecular weight excluding hydrogens is 885 g/mol. The Balaban J connectivity index is 0.858. The lowest BCUT2D eigenvalue weighted by Crippen LogP contribution is -2.65. The summed E-state index contributed by atoms with van der Waals surface area (Å²) >= 11 is 0. The molecule has 4 saturated carbocycles. The highest BCUT2D eigenvalue weighted by molar-refractivity contribution is 5.69. The third-order valence-corrected chi connectivity index (χ3v) is 19.9. The molecule has 0 aromatic carbocycles. The lowest BCUT2D eigenvalue weighted by molar-refractivity contribution is -0.373. The van der Waals surface area contributed by atoms with Gasteiger partial charge in [-0.3, -0.25) is 4.79 Å². The molecule has 0 aromatic rings. The summed E-state index contributed by atoms with van der Waals surface area (Å²) in [5.74, 6) is 2.96. The predicted molar refractivity (Wildman–Crippen MR) is 257 cm³/mol. The Morgan fingerprint density at radius 3 is 1.97 bits per heavy atom. The molecule has 8 rings (SSSR count). The first kappa shape index (κ1) is 54.3. The molecule has 0 aromatic heterocycles. The van der Waals surface area contributed by atoms with Crippen LogP contribution in [0.1, 0.15) is 189 Å². The zero-order valence-electron chi connectivity index (χ0n) is 43.0. The maximum absolute atomic E-state index is 12.9. The second-order valence-electron chi connectivity index (χ2n) is 24.2. The number of carbonyl (C=O) groups excluding carboxylic acids is 1. The van der Waals surface area contributed by atoms with E-state index < -0.39 is 79.8 Å². The number of hydrogen-bond acceptors (Lipinski definition) is 14. The molecule has 14 heteroatoms. The Hall–Kier alpha value is -1.01. The fourth-order valence-electron chi connectivity index (χ4n) is 15.7. The second kappa shape index (κ2) is 23.7. The van der Waals surface area contributed by atoms with Crippen LogP contribution in [0.2, 0.25) is 0 Å². The molecule has 69 heavy (non-hydrogen) atoms. The first-order valence-electron chi connectivity index (χ1n) is 28.2. The standard InChI is InChI=1S/C55H94O14/c1-6-7-8-9-10-11-12-13-14-15-16-17-18-19-43(57)63-32-42-46(59)48(61)50(68-51-49(62)47(60)45(58)41(30-56)66-51)52(67-42)65-36-23-25-53(4)35(28-36)20-21-37-38(53)24-26-54(5)39(37)29-40-44(54)34(3)55(69-40)27-22-33(2)31-64-55/h33-42,44-52,56,58-62H,6-32H2,1-5H3. The third-order valence-electron chi connectivity index (χ3n) is 19.9. The van der Waals surface area contributed by atoms with Crippen molar-refractivity contribution in [1.29, 1.82) is 0 Å². The number of rotatable bonds is 21. The van der Waals surface area contributed by atoms with E-state index >= 15 is 0 Å². The van der Waals surface area contributed by atoms with Crippen molar-refractivity contribution in [2.24, 2.45) is 52.3 Å². The Kier molecular flexibility index (Phi) is 18.6. The van der Waals surface area contributed by atoms with Gasteiger partial charge in [0.15, 0.2) is 18.4 Å². The fraction of sp³-hybridized carbons (Fsp3) is 0.982. The highest BCUT2D eigenvalue weighted by Crippen LogP contribution is 2.71. The molecule has 4 heterocycles. The van der Waals surface area contributed by atoms with Crippen molar-refractivity contribution in [3.8, 4) is 0 Å². The van der Waals surface area contributed by atoms with Crippen molar-refractivity contribution in [3.05, 3.63) is 0 Å². The molecule has 6 N–H and O–H groups in total. The van der Waals surface area contributed by atoms with Crippen LogP contribution < -0.4 is 0 Å². The van der Waals surface area contributed by atoms with Crippen LogP contribution in [0.25, 0.3) is 0 Å². The van der Waals surface area contributed by atoms with Gasteiger partial charge in [0.05, 0.1) is 25.4 Å². The van der Waals surface area contributed by atoms with E-state index in [1.807, 2.05) is 0 Å². The summed E-state index contributed by atoms with van der Waals surface area (Å²) in [6.45, 7) is 11.9. The average molecular weight is 979 g/mol. The quantitative estimate of drug-likeness (QED) is 0.0376. The van der Waals surface area contributed by atoms with Crippen molar-refractivity contribution in [1.82, 2.24) is 0 Å². The van der Waals surface area contributed by atoms with E-state index in [4.69, 9.17) is 33.2 Å². The summed E-state index contributed by atoms with van der Waals surface area (Å²) in [6.07, 6.45) is 11.5. The SMILES string of the molecule is CCCCCCCCCCCCCCCC(=O)OCC1OC(OC2CCC3(C)C(CCC4C3CCC3(C)C4CC4OC5(CCC(C)CO5)C(C)C43)C2)C(OC2OC(CO)C(O)C(O)C2O)C(O)C1O. The monoisotopic (exact) mass is 979 g/mol. The topological polar surface area (TPSA) is 203 Å². The van der Waals surface area contributed by atoms with Gasteiger partial charge in [-0.15, -0.1) is 0 Å². The van der Waals surface area contributed by atoms with Crippen LogP contribution in [0, 0.1) is 52.3 Å². The van der Waals surface area contributed by atoms with Crippen LogP contribution in [0.4, 0.5) is 0 Å². The number of aliphatic hydroxyl groups excluding tert-OH is 6. The highest BCUT2D eigenvalue weighted by Gasteiger charge is 2.69. The van der Waals surface area contributed by atoms with Crippen molar-refractivity contribution in [2.75, 3.05) is 19.8 Å². The van der Waals surface area contributed by atoms with Crippen LogP contribution in [-0.4, -0.2) is 136 Å². The van der Waals surface area contributed by atoms with Crippen molar-refractivity contribution in [3.63, 3.8) is 0 Å². The van der Waals surface area contributed by atoms with E-state index in [1.54, 1.807) is 0 Å². The van der Waals surface area contributed by atoms with Gasteiger partial charge in [-0.1, -0.05) is 112 Å². The van der Waals surface area contributed by atoms with E-state index in [0.29, 0.717) is 47.8 Å². The van der Waals surface area contributed by atoms with Gasteiger partial charge in [-0.2, -0.15) is 0 Å². The maximum Gasteiger partial charge on any atom is 0.305 e. The normalized spacial score (nSPS) is 47.3. The molecule has 4 aliphatic carbocycles. The number of aliphatic hydroxyl groups is 6. The number of unbranched alkanes of at least 4 members (excludes halogenated alkanes) is 12. The highest BCUT2D eigenvalue weighted by atomic mass is 16.8. The smallest absolute Gasteiger partial charge is 0.305 e. The largest absolute Gasteiger partial charge is 0.463 e. The van der Waals surface area contributed by atoms with Gasteiger partial charge < -0.3 is 63.8 Å². The van der Waals surface area contributed by atoms with E-state index in [2.05, 4.69) is 34.6 Å². The first-order chi connectivity index (χ1) is 33.1. The number of fused-ring (bicyclic) bond motifs is 7. The Morgan fingerprint density at radius 1 is 0.652 bits per heavy atom. The molecule has 4 saturated heterocycles. The van der Waals surface area contributed by atoms with Crippen LogP contribution in [-0.2, 0) is 38.0 Å². The van der Waals surface area contributed by atoms with Gasteiger partial charge >= 0.3 is 5.97 Å². The lowest BCUT2D eigenvalue weighted by Gasteiger charge is -2.61. The van der Waals surface area contributed by atoms with Crippen LogP contribution in [0.5, 0.6) is 0 Å². The van der Waals surface area contributed by atoms with Crippen LogP contribution >= 0.6 is 0 Å². The van der Waals surface area contributed by atoms with Gasteiger partial charge in [0.25, 0.3) is 0 Å². The molecule has 398 valence electrons.